The molecule has 2 aromatic carbocycles. The van der Waals surface area contributed by atoms with Crippen LogP contribution in [0.25, 0.3) is 27.9 Å². The Labute approximate surface area is 169 Å². The lowest BCUT2D eigenvalue weighted by molar-refractivity contribution is 0.415. The topological polar surface area (TPSA) is 53.2 Å². The molecule has 1 aliphatic heterocycles. The van der Waals surface area contributed by atoms with E-state index in [1.807, 2.05) is 6.07 Å². The number of rotatable bonds is 3. The lowest BCUT2D eigenvalue weighted by Crippen LogP contribution is -2.09. The van der Waals surface area contributed by atoms with E-state index < -0.39 is 0 Å². The van der Waals surface area contributed by atoms with Crippen LogP contribution in [0, 0.1) is 0 Å². The van der Waals surface area contributed by atoms with Crippen LogP contribution in [0.3, 0.4) is 0 Å². The monoisotopic (exact) mass is 381 g/mol. The van der Waals surface area contributed by atoms with Gasteiger partial charge in [-0.2, -0.15) is 0 Å². The van der Waals surface area contributed by atoms with Crippen molar-refractivity contribution in [2.75, 3.05) is 13.7 Å². The highest BCUT2D eigenvalue weighted by Crippen LogP contribution is 2.32. The summed E-state index contributed by atoms with van der Waals surface area (Å²) in [5.41, 5.74) is 10.2. The number of methoxy groups -OCH3 is 1. The van der Waals surface area contributed by atoms with Crippen molar-refractivity contribution in [2.24, 2.45) is 4.99 Å². The van der Waals surface area contributed by atoms with E-state index in [2.05, 4.69) is 52.6 Å². The summed E-state index contributed by atoms with van der Waals surface area (Å²) in [5.74, 6) is 0.872. The summed E-state index contributed by atoms with van der Waals surface area (Å²) in [6, 6.07) is 10.8. The maximum absolute atomic E-state index is 5.38. The maximum Gasteiger partial charge on any atom is 0.120 e. The van der Waals surface area contributed by atoms with Crippen molar-refractivity contribution in [1.82, 2.24) is 9.97 Å². The second-order valence-corrected chi connectivity index (χ2v) is 7.96. The Morgan fingerprint density at radius 1 is 1.00 bits per heavy atom. The van der Waals surface area contributed by atoms with Crippen LogP contribution in [0.1, 0.15) is 34.4 Å². The van der Waals surface area contributed by atoms with Gasteiger partial charge in [-0.25, -0.2) is 0 Å². The van der Waals surface area contributed by atoms with Gasteiger partial charge < -0.3 is 14.7 Å². The number of aryl methyl sites for hydroxylation is 2. The van der Waals surface area contributed by atoms with Crippen LogP contribution in [0.15, 0.2) is 47.6 Å². The van der Waals surface area contributed by atoms with Crippen molar-refractivity contribution in [1.29, 1.82) is 0 Å². The molecule has 29 heavy (non-hydrogen) atoms. The van der Waals surface area contributed by atoms with Gasteiger partial charge in [-0.3, -0.25) is 4.99 Å². The van der Waals surface area contributed by atoms with Crippen LogP contribution < -0.4 is 4.74 Å². The Bertz CT molecular complexity index is 1320. The first-order chi connectivity index (χ1) is 14.3. The molecule has 0 spiro atoms. The Kier molecular flexibility index (Phi) is 3.66. The predicted molar refractivity (Wildman–Crippen MR) is 119 cm³/mol. The summed E-state index contributed by atoms with van der Waals surface area (Å²) in [4.78, 5) is 11.9. The number of allylic oxidation sites excluding steroid dienone is 1. The molecule has 0 amide bonds. The molecule has 0 fully saturated rings. The van der Waals surface area contributed by atoms with Crippen molar-refractivity contribution in [3.63, 3.8) is 0 Å². The van der Waals surface area contributed by atoms with E-state index in [1.165, 1.54) is 57.8 Å². The molecule has 2 aliphatic rings. The van der Waals surface area contributed by atoms with Crippen LogP contribution in [0.4, 0.5) is 0 Å². The van der Waals surface area contributed by atoms with E-state index in [-0.39, 0.29) is 0 Å². The number of nitrogens with one attached hydrogen (secondary N) is 2. The van der Waals surface area contributed by atoms with E-state index in [0.29, 0.717) is 0 Å². The summed E-state index contributed by atoms with van der Waals surface area (Å²) in [6.07, 6.45) is 11.1. The maximum atomic E-state index is 5.38. The fourth-order valence-corrected chi connectivity index (χ4v) is 4.95. The molecule has 4 nitrogen and oxygen atoms in total. The van der Waals surface area contributed by atoms with E-state index in [1.54, 1.807) is 7.11 Å². The zero-order valence-corrected chi connectivity index (χ0v) is 16.5. The molecular formula is C25H23N3O. The summed E-state index contributed by atoms with van der Waals surface area (Å²) < 4.78 is 5.38. The number of aromatic nitrogens is 2. The van der Waals surface area contributed by atoms with Gasteiger partial charge >= 0.3 is 0 Å². The fraction of sp³-hybridized carbons (Fsp3) is 0.240. The zero-order chi connectivity index (χ0) is 19.4. The van der Waals surface area contributed by atoms with Crippen LogP contribution in [0.2, 0.25) is 0 Å². The third kappa shape index (κ3) is 2.55. The first kappa shape index (κ1) is 16.7. The van der Waals surface area contributed by atoms with Gasteiger partial charge in [0.2, 0.25) is 0 Å². The highest BCUT2D eigenvalue weighted by atomic mass is 16.5. The average Bonchev–Trinajstić information content (AvgIpc) is 3.47. The number of aliphatic imine (C=N–C) groups is 1. The minimum atomic E-state index is 0.826. The summed E-state index contributed by atoms with van der Waals surface area (Å²) in [7, 11) is 1.70. The van der Waals surface area contributed by atoms with Gasteiger partial charge in [-0.1, -0.05) is 18.2 Å². The summed E-state index contributed by atoms with van der Waals surface area (Å²) >= 11 is 0. The number of hydrogen-bond acceptors (Lipinski definition) is 2. The van der Waals surface area contributed by atoms with E-state index >= 15 is 0 Å². The van der Waals surface area contributed by atoms with Crippen molar-refractivity contribution >= 4 is 33.6 Å². The van der Waals surface area contributed by atoms with Gasteiger partial charge in [0, 0.05) is 40.6 Å². The second-order valence-electron chi connectivity index (χ2n) is 7.96. The Morgan fingerprint density at radius 3 is 2.86 bits per heavy atom. The minimum absolute atomic E-state index is 0.826. The quantitative estimate of drug-likeness (QED) is 0.503. The number of benzene rings is 2. The van der Waals surface area contributed by atoms with E-state index in [0.717, 1.165) is 35.6 Å². The van der Waals surface area contributed by atoms with Gasteiger partial charge in [0.15, 0.2) is 0 Å². The molecule has 3 heterocycles. The number of H-pyrrole nitrogens is 2. The van der Waals surface area contributed by atoms with Crippen molar-refractivity contribution in [3.8, 4) is 5.75 Å². The smallest absolute Gasteiger partial charge is 0.120 e. The molecule has 4 aromatic rings. The largest absolute Gasteiger partial charge is 0.497 e. The minimum Gasteiger partial charge on any atom is -0.497 e. The average molecular weight is 381 g/mol. The number of hydrogen-bond donors (Lipinski definition) is 2. The lowest BCUT2D eigenvalue weighted by Gasteiger charge is -2.10. The van der Waals surface area contributed by atoms with Gasteiger partial charge in [-0.05, 0) is 66.1 Å². The van der Waals surface area contributed by atoms with E-state index in [4.69, 9.17) is 9.73 Å². The lowest BCUT2D eigenvalue weighted by atomic mass is 10.0. The molecule has 0 atom stereocenters. The SMILES string of the molecule is COc1ccc2c3c([nH]c2c1)C(/C=C/c1c[nH]c2c4c(ccc12)CCC4)=NCC3. The molecule has 1 aliphatic carbocycles. The van der Waals surface area contributed by atoms with Gasteiger partial charge in [0.25, 0.3) is 0 Å². The molecule has 0 saturated carbocycles. The fourth-order valence-electron chi connectivity index (χ4n) is 4.95. The highest BCUT2D eigenvalue weighted by molar-refractivity contribution is 6.14. The summed E-state index contributed by atoms with van der Waals surface area (Å²) in [5, 5.41) is 2.57. The van der Waals surface area contributed by atoms with Crippen molar-refractivity contribution in [2.45, 2.75) is 25.7 Å². The molecule has 0 saturated heterocycles. The third-order valence-corrected chi connectivity index (χ3v) is 6.40. The van der Waals surface area contributed by atoms with Crippen LogP contribution in [-0.2, 0) is 19.3 Å². The standard InChI is InChI=1S/C25H23N3O/c1-29-17-7-9-20-21-11-12-26-22(25(21)28-23(20)13-17)10-6-16-14-27-24-18-4-2-3-15(18)5-8-19(16)24/h5-10,13-14,27-28H,2-4,11-12H2,1H3/b10-6+. The number of aromatic amines is 2. The Balaban J connectivity index is 1.39. The second kappa shape index (κ2) is 6.38. The zero-order valence-electron chi connectivity index (χ0n) is 16.5. The molecule has 4 heteroatoms. The summed E-state index contributed by atoms with van der Waals surface area (Å²) in [6.45, 7) is 0.826. The first-order valence-electron chi connectivity index (χ1n) is 10.3. The predicted octanol–water partition coefficient (Wildman–Crippen LogP) is 5.21. The molecule has 2 aromatic heterocycles. The van der Waals surface area contributed by atoms with Crippen molar-refractivity contribution < 1.29 is 4.74 Å². The molecule has 6 rings (SSSR count). The molecule has 2 N–H and O–H groups in total. The number of nitrogens with zero attached hydrogens (tertiary/aromatic N) is 1. The Morgan fingerprint density at radius 2 is 1.93 bits per heavy atom. The molecule has 0 bridgehead atoms. The normalized spacial score (nSPS) is 15.8. The third-order valence-electron chi connectivity index (χ3n) is 6.40. The van der Waals surface area contributed by atoms with Gasteiger partial charge in [0.1, 0.15) is 5.75 Å². The van der Waals surface area contributed by atoms with E-state index in [9.17, 15) is 0 Å². The van der Waals surface area contributed by atoms with Gasteiger partial charge in [0.05, 0.1) is 18.5 Å². The molecule has 0 radical (unpaired) electrons. The molecule has 0 unspecified atom stereocenters. The van der Waals surface area contributed by atoms with Crippen LogP contribution >= 0.6 is 0 Å². The first-order valence-corrected chi connectivity index (χ1v) is 10.3. The highest BCUT2D eigenvalue weighted by Gasteiger charge is 2.19. The number of ether oxygens (including phenoxy) is 1. The molecular weight excluding hydrogens is 358 g/mol. The number of fused-ring (bicyclic) bond motifs is 6. The van der Waals surface area contributed by atoms with Crippen LogP contribution in [-0.4, -0.2) is 29.3 Å². The Hall–Kier alpha value is -3.27. The van der Waals surface area contributed by atoms with Gasteiger partial charge in [-0.15, -0.1) is 0 Å². The van der Waals surface area contributed by atoms with Crippen LogP contribution in [0.5, 0.6) is 5.75 Å². The molecule has 144 valence electrons. The van der Waals surface area contributed by atoms with Crippen molar-refractivity contribution in [3.05, 3.63) is 70.6 Å².